The molecule has 3 heteroatoms. The Kier molecular flexibility index (Phi) is 5.49. The predicted molar refractivity (Wildman–Crippen MR) is 71.0 cm³/mol. The van der Waals surface area contributed by atoms with Crippen molar-refractivity contribution < 1.29 is 9.53 Å². The third-order valence-electron chi connectivity index (χ3n) is 3.55. The van der Waals surface area contributed by atoms with Crippen LogP contribution in [0.5, 0.6) is 5.75 Å². The van der Waals surface area contributed by atoms with E-state index in [1.807, 2.05) is 12.1 Å². The Labute approximate surface area is 109 Å². The van der Waals surface area contributed by atoms with Crippen molar-refractivity contribution in [3.8, 4) is 5.75 Å². The van der Waals surface area contributed by atoms with Crippen molar-refractivity contribution in [1.29, 1.82) is 0 Å². The molecule has 0 unspecified atom stereocenters. The fourth-order valence-corrected chi connectivity index (χ4v) is 2.46. The van der Waals surface area contributed by atoms with Crippen LogP contribution in [-0.2, 0) is 4.79 Å². The third kappa shape index (κ3) is 3.47. The van der Waals surface area contributed by atoms with Gasteiger partial charge in [0.2, 0.25) is 0 Å². The van der Waals surface area contributed by atoms with Gasteiger partial charge in [-0.25, -0.2) is 0 Å². The van der Waals surface area contributed by atoms with Crippen molar-refractivity contribution in [1.82, 2.24) is 0 Å². The average molecular weight is 255 g/mol. The molecule has 0 amide bonds. The van der Waals surface area contributed by atoms with E-state index in [9.17, 15) is 4.79 Å². The van der Waals surface area contributed by atoms with Gasteiger partial charge in [-0.05, 0) is 49.3 Å². The molecule has 1 aromatic rings. The van der Waals surface area contributed by atoms with E-state index in [0.29, 0.717) is 11.8 Å². The van der Waals surface area contributed by atoms with Gasteiger partial charge in [-0.1, -0.05) is 12.1 Å². The molecule has 1 aromatic carbocycles. The quantitative estimate of drug-likeness (QED) is 0.771. The zero-order chi connectivity index (χ0) is 11.4. The summed E-state index contributed by atoms with van der Waals surface area (Å²) >= 11 is 0. The number of benzene rings is 1. The molecule has 94 valence electrons. The molecule has 1 fully saturated rings. The Bertz CT molecular complexity index is 340. The molecule has 0 spiro atoms. The molecule has 2 rings (SSSR count). The molecule has 0 N–H and O–H groups in total. The molecule has 1 aliphatic rings. The van der Waals surface area contributed by atoms with Crippen molar-refractivity contribution in [2.45, 2.75) is 31.6 Å². The summed E-state index contributed by atoms with van der Waals surface area (Å²) in [7, 11) is 1.68. The molecule has 0 radical (unpaired) electrons. The van der Waals surface area contributed by atoms with Gasteiger partial charge >= 0.3 is 0 Å². The summed E-state index contributed by atoms with van der Waals surface area (Å²) in [6.07, 6.45) is 5.47. The summed E-state index contributed by atoms with van der Waals surface area (Å²) in [5.74, 6) is 1.84. The first-order valence-corrected chi connectivity index (χ1v) is 5.92. The van der Waals surface area contributed by atoms with Crippen molar-refractivity contribution in [3.63, 3.8) is 0 Å². The molecule has 2 nitrogen and oxygen atoms in total. The summed E-state index contributed by atoms with van der Waals surface area (Å²) in [5.41, 5.74) is 1.38. The summed E-state index contributed by atoms with van der Waals surface area (Å²) in [6, 6.07) is 8.32. The summed E-state index contributed by atoms with van der Waals surface area (Å²) in [4.78, 5) is 10.7. The SMILES string of the molecule is COc1ccc(C2CCC(C=O)CC2)cc1.Cl. The van der Waals surface area contributed by atoms with Gasteiger partial charge in [0.05, 0.1) is 7.11 Å². The van der Waals surface area contributed by atoms with Crippen LogP contribution in [0.2, 0.25) is 0 Å². The summed E-state index contributed by atoms with van der Waals surface area (Å²) in [6.45, 7) is 0. The molecule has 17 heavy (non-hydrogen) atoms. The Morgan fingerprint density at radius 1 is 1.12 bits per heavy atom. The Morgan fingerprint density at radius 2 is 1.71 bits per heavy atom. The Hall–Kier alpha value is -1.02. The van der Waals surface area contributed by atoms with E-state index in [1.165, 1.54) is 5.56 Å². The third-order valence-corrected chi connectivity index (χ3v) is 3.55. The number of rotatable bonds is 3. The van der Waals surface area contributed by atoms with E-state index < -0.39 is 0 Å². The Morgan fingerprint density at radius 3 is 2.18 bits per heavy atom. The smallest absolute Gasteiger partial charge is 0.123 e. The normalized spacial score (nSPS) is 23.6. The molecule has 1 aliphatic carbocycles. The monoisotopic (exact) mass is 254 g/mol. The number of aldehydes is 1. The summed E-state index contributed by atoms with van der Waals surface area (Å²) in [5, 5.41) is 0. The van der Waals surface area contributed by atoms with Gasteiger partial charge in [0.1, 0.15) is 12.0 Å². The van der Waals surface area contributed by atoms with Crippen LogP contribution in [0.3, 0.4) is 0 Å². The molecule has 0 aromatic heterocycles. The lowest BCUT2D eigenvalue weighted by atomic mass is 9.79. The van der Waals surface area contributed by atoms with Crippen molar-refractivity contribution in [3.05, 3.63) is 29.8 Å². The van der Waals surface area contributed by atoms with E-state index in [2.05, 4.69) is 12.1 Å². The predicted octanol–water partition coefficient (Wildman–Crippen LogP) is 3.59. The van der Waals surface area contributed by atoms with Crippen LogP contribution in [-0.4, -0.2) is 13.4 Å². The van der Waals surface area contributed by atoms with Gasteiger partial charge < -0.3 is 9.53 Å². The second kappa shape index (κ2) is 6.65. The standard InChI is InChI=1S/C14H18O2.ClH/c1-16-14-8-6-13(7-9-14)12-4-2-11(10-15)3-5-12;/h6-12H,2-5H2,1H3;1H. The fraction of sp³-hybridized carbons (Fsp3) is 0.500. The van der Waals surface area contributed by atoms with Crippen LogP contribution >= 0.6 is 12.4 Å². The molecule has 1 saturated carbocycles. The van der Waals surface area contributed by atoms with Crippen molar-refractivity contribution >= 4 is 18.7 Å². The number of methoxy groups -OCH3 is 1. The zero-order valence-electron chi connectivity index (χ0n) is 10.1. The van der Waals surface area contributed by atoms with Gasteiger partial charge in [-0.15, -0.1) is 12.4 Å². The maximum atomic E-state index is 10.7. The van der Waals surface area contributed by atoms with Crippen molar-refractivity contribution in [2.24, 2.45) is 5.92 Å². The lowest BCUT2D eigenvalue weighted by Gasteiger charge is -2.25. The maximum Gasteiger partial charge on any atom is 0.123 e. The van der Waals surface area contributed by atoms with E-state index in [4.69, 9.17) is 4.74 Å². The van der Waals surface area contributed by atoms with Gasteiger partial charge in [0.25, 0.3) is 0 Å². The number of carbonyl (C=O) groups is 1. The topological polar surface area (TPSA) is 26.3 Å². The van der Waals surface area contributed by atoms with Crippen LogP contribution in [0.25, 0.3) is 0 Å². The first-order valence-electron chi connectivity index (χ1n) is 5.92. The molecular formula is C14H19ClO2. The number of ether oxygens (including phenoxy) is 1. The van der Waals surface area contributed by atoms with E-state index in [1.54, 1.807) is 7.11 Å². The number of hydrogen-bond donors (Lipinski definition) is 0. The Balaban J connectivity index is 0.00000144. The second-order valence-electron chi connectivity index (χ2n) is 4.52. The van der Waals surface area contributed by atoms with Crippen LogP contribution in [0.15, 0.2) is 24.3 Å². The van der Waals surface area contributed by atoms with E-state index >= 15 is 0 Å². The minimum Gasteiger partial charge on any atom is -0.497 e. The summed E-state index contributed by atoms with van der Waals surface area (Å²) < 4.78 is 5.14. The highest BCUT2D eigenvalue weighted by Gasteiger charge is 2.21. The first kappa shape index (κ1) is 14.0. The highest BCUT2D eigenvalue weighted by Crippen LogP contribution is 2.35. The lowest BCUT2D eigenvalue weighted by Crippen LogP contribution is -2.14. The second-order valence-corrected chi connectivity index (χ2v) is 4.52. The van der Waals surface area contributed by atoms with Gasteiger partial charge in [0.15, 0.2) is 0 Å². The van der Waals surface area contributed by atoms with Gasteiger partial charge in [-0.2, -0.15) is 0 Å². The van der Waals surface area contributed by atoms with E-state index in [-0.39, 0.29) is 12.4 Å². The molecule has 0 aliphatic heterocycles. The number of halogens is 1. The highest BCUT2D eigenvalue weighted by molar-refractivity contribution is 5.85. The maximum absolute atomic E-state index is 10.7. The minimum absolute atomic E-state index is 0. The van der Waals surface area contributed by atoms with E-state index in [0.717, 1.165) is 37.7 Å². The van der Waals surface area contributed by atoms with Gasteiger partial charge in [0, 0.05) is 5.92 Å². The van der Waals surface area contributed by atoms with Crippen molar-refractivity contribution in [2.75, 3.05) is 7.11 Å². The highest BCUT2D eigenvalue weighted by atomic mass is 35.5. The minimum atomic E-state index is 0. The van der Waals surface area contributed by atoms with Gasteiger partial charge in [-0.3, -0.25) is 0 Å². The zero-order valence-corrected chi connectivity index (χ0v) is 10.9. The molecular weight excluding hydrogens is 236 g/mol. The largest absolute Gasteiger partial charge is 0.497 e. The molecule has 0 heterocycles. The van der Waals surface area contributed by atoms with Crippen LogP contribution < -0.4 is 4.74 Å². The number of carbonyl (C=O) groups excluding carboxylic acids is 1. The van der Waals surface area contributed by atoms with Crippen LogP contribution in [0, 0.1) is 5.92 Å². The lowest BCUT2D eigenvalue weighted by molar-refractivity contribution is -0.111. The molecule has 0 saturated heterocycles. The molecule has 0 atom stereocenters. The first-order chi connectivity index (χ1) is 7.83. The number of hydrogen-bond acceptors (Lipinski definition) is 2. The van der Waals surface area contributed by atoms with Crippen LogP contribution in [0.4, 0.5) is 0 Å². The average Bonchev–Trinajstić information content (AvgIpc) is 2.39. The fourth-order valence-electron chi connectivity index (χ4n) is 2.46. The van der Waals surface area contributed by atoms with Crippen LogP contribution in [0.1, 0.15) is 37.2 Å². The molecule has 0 bridgehead atoms.